The van der Waals surface area contributed by atoms with E-state index < -0.39 is 0 Å². The zero-order chi connectivity index (χ0) is 40.0. The minimum atomic E-state index is -0.234. The number of benzene rings is 8. The van der Waals surface area contributed by atoms with Crippen LogP contribution in [0, 0.1) is 0 Å². The standard InChI is InChI=1S/C56H40N4/c1-56(35-33-45(34-36-56)60-50-25-12-10-23-47(50)48-24-11-13-26-51(48)60)49-32-31-39-17-8-9-22-46(39)52(49)40-27-29-42(30-28-40)54-57-53(41-18-6-3-7-19-41)58-55(59-54)44-21-14-20-43(37-44)38-15-4-2-5-16-38/h2-35,37H,36H2,1H3. The lowest BCUT2D eigenvalue weighted by molar-refractivity contribution is 0.602. The van der Waals surface area contributed by atoms with Crippen LogP contribution in [0.15, 0.2) is 212 Å². The van der Waals surface area contributed by atoms with Crippen molar-refractivity contribution in [3.8, 4) is 56.4 Å². The molecule has 0 aliphatic heterocycles. The van der Waals surface area contributed by atoms with Gasteiger partial charge in [-0.25, -0.2) is 15.0 Å². The van der Waals surface area contributed by atoms with Crippen LogP contribution < -0.4 is 0 Å². The first-order chi connectivity index (χ1) is 29.6. The monoisotopic (exact) mass is 768 g/mol. The van der Waals surface area contributed by atoms with Gasteiger partial charge in [-0.1, -0.05) is 195 Å². The second kappa shape index (κ2) is 14.6. The van der Waals surface area contributed by atoms with Crippen LogP contribution in [-0.4, -0.2) is 19.5 Å². The highest BCUT2D eigenvalue weighted by Gasteiger charge is 2.30. The summed E-state index contributed by atoms with van der Waals surface area (Å²) in [6.07, 6.45) is 8.02. The fourth-order valence-corrected chi connectivity index (χ4v) is 8.95. The second-order valence-corrected chi connectivity index (χ2v) is 15.9. The second-order valence-electron chi connectivity index (χ2n) is 15.9. The van der Waals surface area contributed by atoms with Gasteiger partial charge in [0, 0.05) is 38.6 Å². The first-order valence-electron chi connectivity index (χ1n) is 20.6. The highest BCUT2D eigenvalue weighted by atomic mass is 15.0. The number of fused-ring (bicyclic) bond motifs is 4. The Hall–Kier alpha value is -7.69. The van der Waals surface area contributed by atoms with Crippen molar-refractivity contribution in [2.75, 3.05) is 0 Å². The van der Waals surface area contributed by atoms with E-state index in [0.717, 1.165) is 39.8 Å². The molecule has 0 saturated carbocycles. The summed E-state index contributed by atoms with van der Waals surface area (Å²) in [5.41, 5.74) is 12.2. The molecule has 4 nitrogen and oxygen atoms in total. The number of allylic oxidation sites excluding steroid dienone is 4. The lowest BCUT2D eigenvalue weighted by atomic mass is 9.73. The fraction of sp³-hybridized carbons (Fsp3) is 0.0536. The average molecular weight is 769 g/mol. The Morgan fingerprint density at radius 1 is 0.433 bits per heavy atom. The summed E-state index contributed by atoms with van der Waals surface area (Å²) in [6.45, 7) is 2.37. The number of aromatic nitrogens is 4. The van der Waals surface area contributed by atoms with Gasteiger partial charge in [-0.2, -0.15) is 0 Å². The summed E-state index contributed by atoms with van der Waals surface area (Å²) in [6, 6.07) is 68.6. The van der Waals surface area contributed by atoms with Crippen molar-refractivity contribution in [2.24, 2.45) is 0 Å². The zero-order valence-corrected chi connectivity index (χ0v) is 33.2. The molecule has 284 valence electrons. The SMILES string of the molecule is CC1(c2ccc3ccccc3c2-c2ccc(-c3nc(-c4ccccc4)nc(-c4cccc(-c5ccccc5)c4)n3)cc2)C=CC(n2c3ccccc3c3ccccc32)=CC1. The van der Waals surface area contributed by atoms with Gasteiger partial charge in [0.2, 0.25) is 0 Å². The molecule has 0 bridgehead atoms. The third kappa shape index (κ3) is 6.21. The smallest absolute Gasteiger partial charge is 0.164 e. The Morgan fingerprint density at radius 3 is 1.60 bits per heavy atom. The van der Waals surface area contributed by atoms with E-state index in [4.69, 9.17) is 15.0 Å². The minimum Gasteiger partial charge on any atom is -0.310 e. The van der Waals surface area contributed by atoms with E-state index in [-0.39, 0.29) is 5.41 Å². The Labute approximate surface area is 349 Å². The van der Waals surface area contributed by atoms with Crippen LogP contribution in [0.1, 0.15) is 18.9 Å². The molecule has 1 aliphatic rings. The molecular formula is C56H40N4. The van der Waals surface area contributed by atoms with E-state index in [9.17, 15) is 0 Å². The van der Waals surface area contributed by atoms with Gasteiger partial charge in [0.15, 0.2) is 17.5 Å². The molecule has 0 spiro atoms. The molecule has 1 aliphatic carbocycles. The highest BCUT2D eigenvalue weighted by molar-refractivity contribution is 6.10. The Balaban J connectivity index is 0.988. The highest BCUT2D eigenvalue weighted by Crippen LogP contribution is 2.45. The predicted molar refractivity (Wildman–Crippen MR) is 249 cm³/mol. The maximum atomic E-state index is 5.11. The Bertz CT molecular complexity index is 3230. The van der Waals surface area contributed by atoms with Crippen LogP contribution in [0.5, 0.6) is 0 Å². The van der Waals surface area contributed by atoms with Crippen LogP contribution in [0.2, 0.25) is 0 Å². The van der Waals surface area contributed by atoms with Gasteiger partial charge in [0.05, 0.1) is 11.0 Å². The van der Waals surface area contributed by atoms with Crippen molar-refractivity contribution in [1.29, 1.82) is 0 Å². The molecule has 8 aromatic carbocycles. The van der Waals surface area contributed by atoms with Gasteiger partial charge in [-0.15, -0.1) is 0 Å². The van der Waals surface area contributed by atoms with Gasteiger partial charge < -0.3 is 4.57 Å². The summed E-state index contributed by atoms with van der Waals surface area (Å²) in [4.78, 5) is 15.2. The van der Waals surface area contributed by atoms with Crippen LogP contribution in [-0.2, 0) is 5.41 Å². The molecule has 0 amide bonds. The van der Waals surface area contributed by atoms with E-state index in [2.05, 4.69) is 200 Å². The molecule has 0 saturated heterocycles. The van der Waals surface area contributed by atoms with E-state index in [0.29, 0.717) is 17.5 Å². The molecule has 10 aromatic rings. The van der Waals surface area contributed by atoms with E-state index in [1.165, 1.54) is 49.4 Å². The van der Waals surface area contributed by atoms with Crippen molar-refractivity contribution in [3.05, 3.63) is 218 Å². The molecule has 1 atom stereocenters. The average Bonchev–Trinajstić information content (AvgIpc) is 3.66. The largest absolute Gasteiger partial charge is 0.310 e. The molecular weight excluding hydrogens is 729 g/mol. The van der Waals surface area contributed by atoms with Gasteiger partial charge in [0.25, 0.3) is 0 Å². The number of para-hydroxylation sites is 2. The van der Waals surface area contributed by atoms with Crippen LogP contribution in [0.25, 0.3) is 94.7 Å². The summed E-state index contributed by atoms with van der Waals surface area (Å²) in [5, 5.41) is 5.01. The summed E-state index contributed by atoms with van der Waals surface area (Å²) in [7, 11) is 0. The first kappa shape index (κ1) is 35.5. The number of hydrogen-bond acceptors (Lipinski definition) is 3. The number of hydrogen-bond donors (Lipinski definition) is 0. The topological polar surface area (TPSA) is 43.6 Å². The molecule has 2 heterocycles. The summed E-state index contributed by atoms with van der Waals surface area (Å²) in [5.74, 6) is 1.92. The van der Waals surface area contributed by atoms with Crippen molar-refractivity contribution in [2.45, 2.75) is 18.8 Å². The van der Waals surface area contributed by atoms with Gasteiger partial charge >= 0.3 is 0 Å². The van der Waals surface area contributed by atoms with Gasteiger partial charge in [0.1, 0.15) is 0 Å². The quantitative estimate of drug-likeness (QED) is 0.162. The predicted octanol–water partition coefficient (Wildman–Crippen LogP) is 14.2. The number of nitrogens with zero attached hydrogens (tertiary/aromatic N) is 4. The molecule has 60 heavy (non-hydrogen) atoms. The van der Waals surface area contributed by atoms with Gasteiger partial charge in [-0.3, -0.25) is 0 Å². The van der Waals surface area contributed by atoms with Crippen molar-refractivity contribution < 1.29 is 0 Å². The van der Waals surface area contributed by atoms with E-state index in [1.807, 2.05) is 24.3 Å². The first-order valence-corrected chi connectivity index (χ1v) is 20.6. The molecule has 0 N–H and O–H groups in total. The van der Waals surface area contributed by atoms with Crippen molar-refractivity contribution in [1.82, 2.24) is 19.5 Å². The lowest BCUT2D eigenvalue weighted by Gasteiger charge is -2.32. The number of rotatable bonds is 7. The van der Waals surface area contributed by atoms with Crippen LogP contribution in [0.4, 0.5) is 0 Å². The third-order valence-corrected chi connectivity index (χ3v) is 12.1. The van der Waals surface area contributed by atoms with E-state index in [1.54, 1.807) is 0 Å². The molecule has 0 radical (unpaired) electrons. The Morgan fingerprint density at radius 2 is 0.950 bits per heavy atom. The maximum Gasteiger partial charge on any atom is 0.164 e. The molecule has 4 heteroatoms. The molecule has 0 fully saturated rings. The molecule has 11 rings (SSSR count). The normalized spacial score (nSPS) is 15.1. The summed E-state index contributed by atoms with van der Waals surface area (Å²) >= 11 is 0. The Kier molecular flexibility index (Phi) is 8.63. The van der Waals surface area contributed by atoms with Crippen molar-refractivity contribution in [3.63, 3.8) is 0 Å². The molecule has 1 unspecified atom stereocenters. The van der Waals surface area contributed by atoms with Crippen LogP contribution >= 0.6 is 0 Å². The summed E-state index contributed by atoms with van der Waals surface area (Å²) < 4.78 is 2.41. The maximum absolute atomic E-state index is 5.11. The molecule has 2 aromatic heterocycles. The van der Waals surface area contributed by atoms with Gasteiger partial charge in [-0.05, 0) is 69.3 Å². The van der Waals surface area contributed by atoms with Crippen LogP contribution in [0.3, 0.4) is 0 Å². The fourth-order valence-electron chi connectivity index (χ4n) is 8.95. The zero-order valence-electron chi connectivity index (χ0n) is 33.2. The van der Waals surface area contributed by atoms with Crippen molar-refractivity contribution >= 4 is 38.3 Å². The third-order valence-electron chi connectivity index (χ3n) is 12.1. The minimum absolute atomic E-state index is 0.234. The van der Waals surface area contributed by atoms with E-state index >= 15 is 0 Å². The lowest BCUT2D eigenvalue weighted by Crippen LogP contribution is -2.22.